The lowest BCUT2D eigenvalue weighted by atomic mass is 9.99. The monoisotopic (exact) mass is 544 g/mol. The standard InChI is InChI=1S/2C13H20O4S/c1-4-12-9-10(2)8-11(3)13(12)17-6-5-7-18(14,15)16;1-3-11(2)12-5-7-13(8-6-12)17-9-4-10-18(14,15)16/h8-9H,4-7H2,1-3H3,(H,14,15,16);5-8,11H,3-4,9-10H2,1-2H3,(H,14,15,16). The van der Waals surface area contributed by atoms with Crippen LogP contribution in [0.4, 0.5) is 0 Å². The Balaban J connectivity index is 0.000000360. The fourth-order valence-corrected chi connectivity index (χ4v) is 4.45. The van der Waals surface area contributed by atoms with Crippen molar-refractivity contribution < 1.29 is 35.4 Å². The number of aryl methyl sites for hydroxylation is 3. The number of ether oxygens (including phenoxy) is 2. The Morgan fingerprint density at radius 2 is 1.36 bits per heavy atom. The first-order valence-electron chi connectivity index (χ1n) is 12.1. The molecule has 0 aliphatic rings. The van der Waals surface area contributed by atoms with Crippen LogP contribution in [0.3, 0.4) is 0 Å². The van der Waals surface area contributed by atoms with E-state index in [1.165, 1.54) is 11.1 Å². The second kappa shape index (κ2) is 15.2. The summed E-state index contributed by atoms with van der Waals surface area (Å²) in [6, 6.07) is 11.9. The highest BCUT2D eigenvalue weighted by Gasteiger charge is 2.09. The molecule has 0 fully saturated rings. The van der Waals surface area contributed by atoms with Crippen LogP contribution < -0.4 is 9.47 Å². The fraction of sp³-hybridized carbons (Fsp3) is 0.538. The molecule has 0 heterocycles. The lowest BCUT2D eigenvalue weighted by molar-refractivity contribution is 0.311. The van der Waals surface area contributed by atoms with Gasteiger partial charge in [0, 0.05) is 0 Å². The van der Waals surface area contributed by atoms with E-state index < -0.39 is 20.2 Å². The first-order chi connectivity index (χ1) is 16.8. The molecule has 0 amide bonds. The third kappa shape index (κ3) is 13.2. The van der Waals surface area contributed by atoms with E-state index in [9.17, 15) is 16.8 Å². The van der Waals surface area contributed by atoms with Gasteiger partial charge < -0.3 is 9.47 Å². The van der Waals surface area contributed by atoms with Crippen LogP contribution in [0.15, 0.2) is 36.4 Å². The molecule has 2 aromatic rings. The summed E-state index contributed by atoms with van der Waals surface area (Å²) in [7, 11) is -7.77. The molecule has 36 heavy (non-hydrogen) atoms. The quantitative estimate of drug-likeness (QED) is 0.254. The smallest absolute Gasteiger partial charge is 0.264 e. The van der Waals surface area contributed by atoms with Gasteiger partial charge in [-0.05, 0) is 74.3 Å². The molecule has 8 nitrogen and oxygen atoms in total. The Morgan fingerprint density at radius 1 is 0.833 bits per heavy atom. The minimum Gasteiger partial charge on any atom is -0.494 e. The van der Waals surface area contributed by atoms with Crippen LogP contribution in [0.25, 0.3) is 0 Å². The van der Waals surface area contributed by atoms with Crippen molar-refractivity contribution in [2.24, 2.45) is 0 Å². The molecular weight excluding hydrogens is 504 g/mol. The van der Waals surface area contributed by atoms with Crippen molar-refractivity contribution in [3.8, 4) is 11.5 Å². The van der Waals surface area contributed by atoms with E-state index in [0.29, 0.717) is 5.92 Å². The molecule has 0 aliphatic heterocycles. The molecule has 0 aromatic heterocycles. The third-order valence-corrected chi connectivity index (χ3v) is 7.16. The molecule has 2 aromatic carbocycles. The maximum Gasteiger partial charge on any atom is 0.264 e. The number of hydrogen-bond acceptors (Lipinski definition) is 6. The molecule has 0 saturated heterocycles. The van der Waals surface area contributed by atoms with E-state index in [1.54, 1.807) is 0 Å². The average molecular weight is 545 g/mol. The molecule has 0 saturated carbocycles. The summed E-state index contributed by atoms with van der Waals surface area (Å²) in [5, 5.41) is 0. The average Bonchev–Trinajstić information content (AvgIpc) is 2.79. The van der Waals surface area contributed by atoms with Crippen LogP contribution in [0.2, 0.25) is 0 Å². The third-order valence-electron chi connectivity index (χ3n) is 5.55. The van der Waals surface area contributed by atoms with Crippen molar-refractivity contribution in [1.29, 1.82) is 0 Å². The Hall–Kier alpha value is -2.14. The van der Waals surface area contributed by atoms with E-state index in [2.05, 4.69) is 26.8 Å². The van der Waals surface area contributed by atoms with Crippen LogP contribution in [-0.2, 0) is 26.7 Å². The summed E-state index contributed by atoms with van der Waals surface area (Å²) in [4.78, 5) is 0. The van der Waals surface area contributed by atoms with Crippen LogP contribution in [0.5, 0.6) is 11.5 Å². The topological polar surface area (TPSA) is 127 Å². The SMILES string of the molecule is CCC(C)c1ccc(OCCCS(=O)(=O)O)cc1.CCc1cc(C)cc(C)c1OCCCS(=O)(=O)O. The van der Waals surface area contributed by atoms with Gasteiger partial charge in [0.2, 0.25) is 0 Å². The second-order valence-corrected chi connectivity index (χ2v) is 11.9. The molecule has 2 N–H and O–H groups in total. The molecule has 10 heteroatoms. The van der Waals surface area contributed by atoms with Gasteiger partial charge in [0.05, 0.1) is 24.7 Å². The van der Waals surface area contributed by atoms with Gasteiger partial charge in [-0.3, -0.25) is 9.11 Å². The summed E-state index contributed by atoms with van der Waals surface area (Å²) in [6.45, 7) is 10.9. The summed E-state index contributed by atoms with van der Waals surface area (Å²) in [6.07, 6.45) is 2.53. The minimum atomic E-state index is -3.89. The van der Waals surface area contributed by atoms with Crippen molar-refractivity contribution >= 4 is 20.2 Å². The van der Waals surface area contributed by atoms with Crippen molar-refractivity contribution in [2.45, 2.75) is 66.2 Å². The zero-order valence-electron chi connectivity index (χ0n) is 21.9. The number of benzene rings is 2. The zero-order chi connectivity index (χ0) is 27.4. The highest BCUT2D eigenvalue weighted by molar-refractivity contribution is 7.86. The first-order valence-corrected chi connectivity index (χ1v) is 15.3. The fourth-order valence-electron chi connectivity index (χ4n) is 3.49. The molecule has 0 bridgehead atoms. The second-order valence-electron chi connectivity index (χ2n) is 8.78. The Kier molecular flexibility index (Phi) is 13.5. The highest BCUT2D eigenvalue weighted by atomic mass is 32.2. The summed E-state index contributed by atoms with van der Waals surface area (Å²) >= 11 is 0. The van der Waals surface area contributed by atoms with Gasteiger partial charge in [-0.1, -0.05) is 50.6 Å². The minimum absolute atomic E-state index is 0.265. The van der Waals surface area contributed by atoms with Crippen LogP contribution in [0, 0.1) is 13.8 Å². The molecule has 1 atom stereocenters. The Labute approximate surface area is 216 Å². The summed E-state index contributed by atoms with van der Waals surface area (Å²) < 4.78 is 70.4. The van der Waals surface area contributed by atoms with Gasteiger partial charge in [-0.15, -0.1) is 0 Å². The van der Waals surface area contributed by atoms with Gasteiger partial charge in [0.15, 0.2) is 0 Å². The first kappa shape index (κ1) is 31.9. The number of rotatable bonds is 13. The van der Waals surface area contributed by atoms with E-state index in [4.69, 9.17) is 18.6 Å². The van der Waals surface area contributed by atoms with Crippen molar-refractivity contribution in [3.63, 3.8) is 0 Å². The van der Waals surface area contributed by atoms with E-state index in [0.717, 1.165) is 35.5 Å². The summed E-state index contributed by atoms with van der Waals surface area (Å²) in [5.41, 5.74) is 4.63. The van der Waals surface area contributed by atoms with Crippen LogP contribution in [0.1, 0.15) is 68.2 Å². The van der Waals surface area contributed by atoms with Gasteiger partial charge in [-0.2, -0.15) is 16.8 Å². The van der Waals surface area contributed by atoms with E-state index >= 15 is 0 Å². The summed E-state index contributed by atoms with van der Waals surface area (Å²) in [5.74, 6) is 1.55. The zero-order valence-corrected chi connectivity index (χ0v) is 23.5. The maximum atomic E-state index is 10.6. The highest BCUT2D eigenvalue weighted by Crippen LogP contribution is 2.26. The normalized spacial score (nSPS) is 12.4. The van der Waals surface area contributed by atoms with E-state index in [-0.39, 0.29) is 37.6 Å². The van der Waals surface area contributed by atoms with Gasteiger partial charge in [0.25, 0.3) is 20.2 Å². The number of hydrogen-bond donors (Lipinski definition) is 2. The molecular formula is C26H40O8S2. The van der Waals surface area contributed by atoms with E-state index in [1.807, 2.05) is 44.2 Å². The van der Waals surface area contributed by atoms with Crippen LogP contribution >= 0.6 is 0 Å². The van der Waals surface area contributed by atoms with Gasteiger partial charge in [0.1, 0.15) is 11.5 Å². The van der Waals surface area contributed by atoms with Crippen molar-refractivity contribution in [3.05, 3.63) is 58.7 Å². The molecule has 0 spiro atoms. The molecule has 2 rings (SSSR count). The maximum absolute atomic E-state index is 10.6. The molecule has 0 radical (unpaired) electrons. The largest absolute Gasteiger partial charge is 0.494 e. The van der Waals surface area contributed by atoms with Gasteiger partial charge >= 0.3 is 0 Å². The molecule has 204 valence electrons. The predicted molar refractivity (Wildman–Crippen MR) is 143 cm³/mol. The van der Waals surface area contributed by atoms with Crippen LogP contribution in [-0.4, -0.2) is 50.7 Å². The Bertz CT molecular complexity index is 1140. The molecule has 1 unspecified atom stereocenters. The predicted octanol–water partition coefficient (Wildman–Crippen LogP) is 5.38. The lowest BCUT2D eigenvalue weighted by Crippen LogP contribution is -2.09. The van der Waals surface area contributed by atoms with Crippen molar-refractivity contribution in [2.75, 3.05) is 24.7 Å². The lowest BCUT2D eigenvalue weighted by Gasteiger charge is -2.14. The van der Waals surface area contributed by atoms with Gasteiger partial charge in [-0.25, -0.2) is 0 Å². The Morgan fingerprint density at radius 3 is 1.83 bits per heavy atom. The van der Waals surface area contributed by atoms with Crippen molar-refractivity contribution in [1.82, 2.24) is 0 Å². The molecule has 0 aliphatic carbocycles.